The molecule has 3 fully saturated rings. The number of amides is 2. The fraction of sp³-hybridized carbons (Fsp3) is 0.481. The van der Waals surface area contributed by atoms with Crippen LogP contribution in [0.1, 0.15) is 61.7 Å². The topological polar surface area (TPSA) is 109 Å². The Morgan fingerprint density at radius 2 is 1.69 bits per heavy atom. The summed E-state index contributed by atoms with van der Waals surface area (Å²) in [5.74, 6) is 1.75. The first-order valence-corrected chi connectivity index (χ1v) is 12.8. The summed E-state index contributed by atoms with van der Waals surface area (Å²) in [7, 11) is 0. The fourth-order valence-corrected chi connectivity index (χ4v) is 4.91. The van der Waals surface area contributed by atoms with E-state index in [1.54, 1.807) is 6.20 Å². The van der Waals surface area contributed by atoms with Crippen LogP contribution in [-0.2, 0) is 4.79 Å². The lowest BCUT2D eigenvalue weighted by Crippen LogP contribution is -2.44. The highest BCUT2D eigenvalue weighted by molar-refractivity contribution is 6.07. The van der Waals surface area contributed by atoms with E-state index >= 15 is 0 Å². The summed E-state index contributed by atoms with van der Waals surface area (Å²) in [6, 6.07) is 8.20. The molecule has 182 valence electrons. The van der Waals surface area contributed by atoms with Gasteiger partial charge in [-0.1, -0.05) is 12.1 Å². The minimum atomic E-state index is -0.135. The van der Waals surface area contributed by atoms with E-state index in [0.29, 0.717) is 17.0 Å². The molecular weight excluding hydrogens is 442 g/mol. The number of rotatable bonds is 8. The minimum Gasteiger partial charge on any atom is -0.493 e. The lowest BCUT2D eigenvalue weighted by Gasteiger charge is -2.29. The predicted molar refractivity (Wildman–Crippen MR) is 132 cm³/mol. The first kappa shape index (κ1) is 22.1. The highest BCUT2D eigenvalue weighted by Crippen LogP contribution is 2.35. The molecule has 3 saturated carbocycles. The maximum absolute atomic E-state index is 13.2. The Morgan fingerprint density at radius 3 is 2.43 bits per heavy atom. The number of fused-ring (bicyclic) bond motifs is 1. The predicted octanol–water partition coefficient (Wildman–Crippen LogP) is 3.98. The average molecular weight is 474 g/mol. The van der Waals surface area contributed by atoms with E-state index in [9.17, 15) is 9.59 Å². The molecule has 2 heterocycles. The highest BCUT2D eigenvalue weighted by Gasteiger charge is 2.32. The Bertz CT molecular complexity index is 1240. The third kappa shape index (κ3) is 4.88. The number of hydrogen-bond donors (Lipinski definition) is 3. The van der Waals surface area contributed by atoms with Crippen LogP contribution in [0.25, 0.3) is 22.3 Å². The van der Waals surface area contributed by atoms with Gasteiger partial charge in [0.2, 0.25) is 5.91 Å². The summed E-state index contributed by atoms with van der Waals surface area (Å²) in [6.07, 6.45) is 11.2. The first-order valence-electron chi connectivity index (χ1n) is 12.8. The molecule has 0 saturated heterocycles. The molecule has 3 N–H and O–H groups in total. The zero-order valence-corrected chi connectivity index (χ0v) is 19.8. The van der Waals surface area contributed by atoms with Crippen molar-refractivity contribution < 1.29 is 14.3 Å². The van der Waals surface area contributed by atoms with Gasteiger partial charge in [-0.05, 0) is 69.4 Å². The van der Waals surface area contributed by atoms with Gasteiger partial charge in [0.15, 0.2) is 0 Å². The summed E-state index contributed by atoms with van der Waals surface area (Å²) >= 11 is 0. The van der Waals surface area contributed by atoms with Crippen molar-refractivity contribution >= 4 is 22.8 Å². The minimum absolute atomic E-state index is 0.0967. The smallest absolute Gasteiger partial charge is 0.255 e. The van der Waals surface area contributed by atoms with Crippen molar-refractivity contribution in [3.8, 4) is 17.0 Å². The molecule has 8 heteroatoms. The van der Waals surface area contributed by atoms with Gasteiger partial charge in [-0.25, -0.2) is 9.97 Å². The quantitative estimate of drug-likeness (QED) is 0.459. The molecule has 6 rings (SSSR count). The van der Waals surface area contributed by atoms with E-state index in [0.717, 1.165) is 67.7 Å². The van der Waals surface area contributed by atoms with Crippen LogP contribution in [0.2, 0.25) is 0 Å². The van der Waals surface area contributed by atoms with Crippen LogP contribution in [0.3, 0.4) is 0 Å². The van der Waals surface area contributed by atoms with E-state index in [1.165, 1.54) is 19.2 Å². The van der Waals surface area contributed by atoms with Crippen molar-refractivity contribution in [3.05, 3.63) is 42.4 Å². The molecule has 35 heavy (non-hydrogen) atoms. The molecule has 0 aliphatic heterocycles. The van der Waals surface area contributed by atoms with Gasteiger partial charge in [0.1, 0.15) is 23.3 Å². The van der Waals surface area contributed by atoms with Crippen LogP contribution in [0.15, 0.2) is 36.8 Å². The van der Waals surface area contributed by atoms with Gasteiger partial charge in [-0.2, -0.15) is 0 Å². The molecule has 0 bridgehead atoms. The maximum Gasteiger partial charge on any atom is 0.255 e. The molecule has 2 aromatic heterocycles. The lowest BCUT2D eigenvalue weighted by molar-refractivity contribution is -0.123. The van der Waals surface area contributed by atoms with Crippen molar-refractivity contribution in [3.63, 3.8) is 0 Å². The first-order chi connectivity index (χ1) is 17.2. The van der Waals surface area contributed by atoms with Gasteiger partial charge >= 0.3 is 0 Å². The molecule has 0 unspecified atom stereocenters. The fourth-order valence-electron chi connectivity index (χ4n) is 4.91. The molecule has 3 aliphatic rings. The third-order valence-electron chi connectivity index (χ3n) is 7.38. The van der Waals surface area contributed by atoms with Crippen molar-refractivity contribution in [2.45, 2.75) is 63.5 Å². The number of hydrogen-bond acceptors (Lipinski definition) is 5. The standard InChI is InChI=1S/C27H31N5O3/c33-26(17-7-8-17)31-18-9-11-19(12-10-18)32-27(34)21-13-28-25-23(29-15-30-24(21)25)20-3-1-2-4-22(20)35-14-16-5-6-16/h1-4,13,15-19,28H,5-12,14H2,(H,31,33)(H,32,34)/t18-,19-. The maximum atomic E-state index is 13.2. The van der Waals surface area contributed by atoms with Crippen LogP contribution >= 0.6 is 0 Å². The van der Waals surface area contributed by atoms with E-state index < -0.39 is 0 Å². The van der Waals surface area contributed by atoms with Crippen molar-refractivity contribution in [2.24, 2.45) is 11.8 Å². The van der Waals surface area contributed by atoms with Gasteiger partial charge < -0.3 is 20.4 Å². The summed E-state index contributed by atoms with van der Waals surface area (Å²) in [4.78, 5) is 37.4. The van der Waals surface area contributed by atoms with Gasteiger partial charge in [0.05, 0.1) is 17.7 Å². The van der Waals surface area contributed by atoms with Crippen LogP contribution in [0.5, 0.6) is 5.75 Å². The van der Waals surface area contributed by atoms with Crippen LogP contribution < -0.4 is 15.4 Å². The molecule has 3 aliphatic carbocycles. The molecular formula is C27H31N5O3. The van der Waals surface area contributed by atoms with Gasteiger partial charge in [-0.3, -0.25) is 9.59 Å². The molecule has 0 radical (unpaired) electrons. The second-order valence-corrected chi connectivity index (χ2v) is 10.2. The largest absolute Gasteiger partial charge is 0.493 e. The molecule has 8 nitrogen and oxygen atoms in total. The number of aromatic nitrogens is 3. The summed E-state index contributed by atoms with van der Waals surface area (Å²) < 4.78 is 6.09. The van der Waals surface area contributed by atoms with E-state index in [2.05, 4.69) is 25.6 Å². The number of aromatic amines is 1. The Balaban J connectivity index is 1.15. The Kier molecular flexibility index (Phi) is 5.88. The summed E-state index contributed by atoms with van der Waals surface area (Å²) in [5, 5.41) is 6.34. The van der Waals surface area contributed by atoms with E-state index in [4.69, 9.17) is 4.74 Å². The summed E-state index contributed by atoms with van der Waals surface area (Å²) in [6.45, 7) is 0.718. The Hall–Kier alpha value is -3.42. The number of benzene rings is 1. The number of carbonyl (C=O) groups is 2. The monoisotopic (exact) mass is 473 g/mol. The third-order valence-corrected chi connectivity index (χ3v) is 7.38. The number of carbonyl (C=O) groups excluding carboxylic acids is 2. The normalized spacial score (nSPS) is 22.1. The van der Waals surface area contributed by atoms with Gasteiger partial charge in [-0.15, -0.1) is 0 Å². The second kappa shape index (κ2) is 9.32. The number of nitrogens with one attached hydrogen (secondary N) is 3. The molecule has 3 aromatic rings. The van der Waals surface area contributed by atoms with E-state index in [-0.39, 0.29) is 29.8 Å². The Morgan fingerprint density at radius 1 is 0.943 bits per heavy atom. The van der Waals surface area contributed by atoms with Gasteiger partial charge in [0.25, 0.3) is 5.91 Å². The van der Waals surface area contributed by atoms with Crippen LogP contribution in [0, 0.1) is 11.8 Å². The highest BCUT2D eigenvalue weighted by atomic mass is 16.5. The van der Waals surface area contributed by atoms with Crippen LogP contribution in [-0.4, -0.2) is 45.5 Å². The molecule has 1 aromatic carbocycles. The molecule has 0 spiro atoms. The zero-order chi connectivity index (χ0) is 23.8. The second-order valence-electron chi connectivity index (χ2n) is 10.2. The zero-order valence-electron chi connectivity index (χ0n) is 19.8. The van der Waals surface area contributed by atoms with Crippen molar-refractivity contribution in [1.82, 2.24) is 25.6 Å². The van der Waals surface area contributed by atoms with E-state index in [1.807, 2.05) is 24.3 Å². The SMILES string of the molecule is O=C(N[C@H]1CC[C@H](NC(=O)C2CC2)CC1)c1c[nH]c2c(-c3ccccc3OCC3CC3)ncnc12. The lowest BCUT2D eigenvalue weighted by atomic mass is 9.91. The van der Waals surface area contributed by atoms with Gasteiger partial charge in [0, 0.05) is 29.8 Å². The number of ether oxygens (including phenoxy) is 1. The Labute approximate surface area is 204 Å². The van der Waals surface area contributed by atoms with Crippen LogP contribution in [0.4, 0.5) is 0 Å². The molecule has 0 atom stereocenters. The molecule has 2 amide bonds. The number of nitrogens with zero attached hydrogens (tertiary/aromatic N) is 2. The number of para-hydroxylation sites is 1. The van der Waals surface area contributed by atoms with Crippen molar-refractivity contribution in [2.75, 3.05) is 6.61 Å². The summed E-state index contributed by atoms with van der Waals surface area (Å²) in [5.41, 5.74) is 3.47. The average Bonchev–Trinajstić information content (AvgIpc) is 3.81. The van der Waals surface area contributed by atoms with Crippen molar-refractivity contribution in [1.29, 1.82) is 0 Å². The number of H-pyrrole nitrogens is 1.